The smallest absolute Gasteiger partial charge is 0.328 e. The molecule has 1 fully saturated rings. The number of amides is 1. The van der Waals surface area contributed by atoms with Crippen LogP contribution in [-0.2, 0) is 18.4 Å². The lowest BCUT2D eigenvalue weighted by Crippen LogP contribution is -2.43. The molecule has 0 saturated carbocycles. The number of carbonyl (C=O) groups excluding carboxylic acids is 1. The first-order valence-corrected chi connectivity index (χ1v) is 8.39. The third-order valence-corrected chi connectivity index (χ3v) is 4.82. The number of aromatic nitrogens is 2. The van der Waals surface area contributed by atoms with E-state index >= 15 is 0 Å². The van der Waals surface area contributed by atoms with Crippen molar-refractivity contribution in [2.45, 2.75) is 33.2 Å². The zero-order chi connectivity index (χ0) is 16.6. The summed E-state index contributed by atoms with van der Waals surface area (Å²) in [6.45, 7) is 6.52. The molecule has 1 aromatic carbocycles. The number of imidazole rings is 1. The van der Waals surface area contributed by atoms with Crippen molar-refractivity contribution < 1.29 is 4.79 Å². The maximum absolute atomic E-state index is 12.5. The summed E-state index contributed by atoms with van der Waals surface area (Å²) in [5.74, 6) is 1.27. The number of fused-ring (bicyclic) bond motifs is 1. The van der Waals surface area contributed by atoms with Gasteiger partial charge >= 0.3 is 5.69 Å². The number of nitrogens with zero attached hydrogens (tertiary/aromatic N) is 3. The number of hydrogen-bond donors (Lipinski definition) is 0. The average Bonchev–Trinajstić information content (AvgIpc) is 2.76. The van der Waals surface area contributed by atoms with Crippen molar-refractivity contribution in [1.29, 1.82) is 0 Å². The standard InChI is InChI=1S/C18H25N3O2/c1-13-10-14(2)12-20(11-13)17(22)8-9-21-16-7-5-4-6-15(16)19(3)18(21)23/h4-7,13-14H,8-12H2,1-3H3/t13-,14-/m0/s1. The van der Waals surface area contributed by atoms with Gasteiger partial charge in [0, 0.05) is 33.1 Å². The van der Waals surface area contributed by atoms with E-state index < -0.39 is 0 Å². The second-order valence-corrected chi connectivity index (χ2v) is 6.98. The van der Waals surface area contributed by atoms with Crippen molar-refractivity contribution in [1.82, 2.24) is 14.0 Å². The van der Waals surface area contributed by atoms with Crippen molar-refractivity contribution in [3.05, 3.63) is 34.7 Å². The van der Waals surface area contributed by atoms with E-state index in [9.17, 15) is 9.59 Å². The van der Waals surface area contributed by atoms with Crippen molar-refractivity contribution in [3.8, 4) is 0 Å². The van der Waals surface area contributed by atoms with E-state index in [1.165, 1.54) is 6.42 Å². The summed E-state index contributed by atoms with van der Waals surface area (Å²) in [5.41, 5.74) is 1.75. The van der Waals surface area contributed by atoms with Gasteiger partial charge < -0.3 is 4.90 Å². The minimum Gasteiger partial charge on any atom is -0.342 e. The van der Waals surface area contributed by atoms with Crippen molar-refractivity contribution in [2.24, 2.45) is 18.9 Å². The summed E-state index contributed by atoms with van der Waals surface area (Å²) in [5, 5.41) is 0. The first kappa shape index (κ1) is 15.8. The Bertz CT molecular complexity index is 764. The fraction of sp³-hybridized carbons (Fsp3) is 0.556. The number of hydrogen-bond acceptors (Lipinski definition) is 2. The molecule has 1 aliphatic rings. The third kappa shape index (κ3) is 3.05. The zero-order valence-corrected chi connectivity index (χ0v) is 14.2. The number of benzene rings is 1. The molecule has 0 N–H and O–H groups in total. The molecule has 0 aliphatic carbocycles. The van der Waals surface area contributed by atoms with Gasteiger partial charge in [0.15, 0.2) is 0 Å². The van der Waals surface area contributed by atoms with E-state index in [1.54, 1.807) is 16.2 Å². The van der Waals surface area contributed by atoms with Gasteiger partial charge in [-0.05, 0) is 30.4 Å². The predicted molar refractivity (Wildman–Crippen MR) is 91.3 cm³/mol. The Labute approximate surface area is 136 Å². The second-order valence-electron chi connectivity index (χ2n) is 6.98. The molecule has 124 valence electrons. The third-order valence-electron chi connectivity index (χ3n) is 4.82. The van der Waals surface area contributed by atoms with Gasteiger partial charge in [0.1, 0.15) is 0 Å². The van der Waals surface area contributed by atoms with Crippen molar-refractivity contribution in [3.63, 3.8) is 0 Å². The molecular formula is C18H25N3O2. The molecule has 0 spiro atoms. The van der Waals surface area contributed by atoms with Crippen LogP contribution < -0.4 is 5.69 Å². The lowest BCUT2D eigenvalue weighted by molar-refractivity contribution is -0.134. The maximum atomic E-state index is 12.5. The van der Waals surface area contributed by atoms with E-state index in [4.69, 9.17) is 0 Å². The topological polar surface area (TPSA) is 47.2 Å². The molecular weight excluding hydrogens is 290 g/mol. The Kier molecular flexibility index (Phi) is 4.28. The van der Waals surface area contributed by atoms with Crippen LogP contribution in [0.1, 0.15) is 26.7 Å². The summed E-state index contributed by atoms with van der Waals surface area (Å²) in [7, 11) is 1.77. The molecule has 2 heterocycles. The number of aryl methyl sites for hydroxylation is 2. The van der Waals surface area contributed by atoms with Gasteiger partial charge in [-0.3, -0.25) is 13.9 Å². The Morgan fingerprint density at radius 2 is 1.74 bits per heavy atom. The molecule has 1 aliphatic heterocycles. The van der Waals surface area contributed by atoms with Crippen LogP contribution in [-0.4, -0.2) is 33.0 Å². The molecule has 3 rings (SSSR count). The molecule has 2 aromatic rings. The number of para-hydroxylation sites is 2. The van der Waals surface area contributed by atoms with E-state index in [2.05, 4.69) is 13.8 Å². The summed E-state index contributed by atoms with van der Waals surface area (Å²) < 4.78 is 3.36. The molecule has 5 nitrogen and oxygen atoms in total. The highest BCUT2D eigenvalue weighted by Gasteiger charge is 2.25. The van der Waals surface area contributed by atoms with Gasteiger partial charge in [0.2, 0.25) is 5.91 Å². The Morgan fingerprint density at radius 3 is 2.39 bits per heavy atom. The van der Waals surface area contributed by atoms with E-state index in [1.807, 2.05) is 29.2 Å². The van der Waals surface area contributed by atoms with Gasteiger partial charge in [0.05, 0.1) is 11.0 Å². The van der Waals surface area contributed by atoms with Crippen LogP contribution in [0.4, 0.5) is 0 Å². The second kappa shape index (κ2) is 6.22. The highest BCUT2D eigenvalue weighted by atomic mass is 16.2. The number of rotatable bonds is 3. The lowest BCUT2D eigenvalue weighted by Gasteiger charge is -2.35. The average molecular weight is 315 g/mol. The SMILES string of the molecule is C[C@H]1C[C@H](C)CN(C(=O)CCn2c(=O)n(C)c3ccccc32)C1. The Balaban J connectivity index is 1.75. The summed E-state index contributed by atoms with van der Waals surface area (Å²) in [4.78, 5) is 26.9. The molecule has 1 saturated heterocycles. The Morgan fingerprint density at radius 1 is 1.13 bits per heavy atom. The minimum absolute atomic E-state index is 0.0561. The first-order chi connectivity index (χ1) is 11.0. The van der Waals surface area contributed by atoms with E-state index in [0.29, 0.717) is 24.8 Å². The maximum Gasteiger partial charge on any atom is 0.328 e. The zero-order valence-electron chi connectivity index (χ0n) is 14.2. The summed E-state index contributed by atoms with van der Waals surface area (Å²) >= 11 is 0. The van der Waals surface area contributed by atoms with Gasteiger partial charge in [-0.15, -0.1) is 0 Å². The highest BCUT2D eigenvalue weighted by molar-refractivity contribution is 5.78. The summed E-state index contributed by atoms with van der Waals surface area (Å²) in [6.07, 6.45) is 1.57. The number of carbonyl (C=O) groups is 1. The number of likely N-dealkylation sites (tertiary alicyclic amines) is 1. The van der Waals surface area contributed by atoms with Crippen LogP contribution in [0, 0.1) is 11.8 Å². The summed E-state index contributed by atoms with van der Waals surface area (Å²) in [6, 6.07) is 7.72. The van der Waals surface area contributed by atoms with Gasteiger partial charge in [-0.1, -0.05) is 26.0 Å². The van der Waals surface area contributed by atoms with Crippen LogP contribution in [0.2, 0.25) is 0 Å². The monoisotopic (exact) mass is 315 g/mol. The quantitative estimate of drug-likeness (QED) is 0.872. The first-order valence-electron chi connectivity index (χ1n) is 8.39. The van der Waals surface area contributed by atoms with Crippen LogP contribution in [0.3, 0.4) is 0 Å². The fourth-order valence-corrected chi connectivity index (χ4v) is 3.81. The molecule has 1 amide bonds. The molecule has 0 radical (unpaired) electrons. The van der Waals surface area contributed by atoms with Gasteiger partial charge in [-0.25, -0.2) is 4.79 Å². The normalized spacial score (nSPS) is 21.8. The molecule has 23 heavy (non-hydrogen) atoms. The van der Waals surface area contributed by atoms with Crippen LogP contribution >= 0.6 is 0 Å². The van der Waals surface area contributed by atoms with Gasteiger partial charge in [0.25, 0.3) is 0 Å². The highest BCUT2D eigenvalue weighted by Crippen LogP contribution is 2.21. The predicted octanol–water partition coefficient (Wildman–Crippen LogP) is 2.23. The molecule has 0 unspecified atom stereocenters. The van der Waals surface area contributed by atoms with Crippen LogP contribution in [0.25, 0.3) is 11.0 Å². The molecule has 1 aromatic heterocycles. The molecule has 0 bridgehead atoms. The lowest BCUT2D eigenvalue weighted by atomic mass is 9.92. The van der Waals surface area contributed by atoms with Crippen LogP contribution in [0.5, 0.6) is 0 Å². The van der Waals surface area contributed by atoms with Crippen molar-refractivity contribution >= 4 is 16.9 Å². The van der Waals surface area contributed by atoms with E-state index in [-0.39, 0.29) is 11.6 Å². The van der Waals surface area contributed by atoms with Crippen molar-refractivity contribution in [2.75, 3.05) is 13.1 Å². The Hall–Kier alpha value is -2.04. The minimum atomic E-state index is -0.0561. The largest absolute Gasteiger partial charge is 0.342 e. The molecule has 5 heteroatoms. The number of piperidine rings is 1. The van der Waals surface area contributed by atoms with Gasteiger partial charge in [-0.2, -0.15) is 0 Å². The van der Waals surface area contributed by atoms with E-state index in [0.717, 1.165) is 24.1 Å². The van der Waals surface area contributed by atoms with Crippen LogP contribution in [0.15, 0.2) is 29.1 Å². The fourth-order valence-electron chi connectivity index (χ4n) is 3.81. The molecule has 2 atom stereocenters.